The molecule has 1 aromatic heterocycles. The molecule has 0 unspecified atom stereocenters. The first kappa shape index (κ1) is 9.85. The number of aryl methyl sites for hydroxylation is 3. The molecule has 82 valence electrons. The highest BCUT2D eigenvalue weighted by Gasteiger charge is 2.20. The summed E-state index contributed by atoms with van der Waals surface area (Å²) in [4.78, 5) is 6.05. The first-order valence-electron chi connectivity index (χ1n) is 5.41. The molecule has 0 N–H and O–H groups in total. The molecule has 0 atom stereocenters. The number of fused-ring (bicyclic) bond motifs is 3. The van der Waals surface area contributed by atoms with Crippen LogP contribution in [-0.4, -0.2) is 12.1 Å². The number of methoxy groups -OCH3 is 1. The predicted molar refractivity (Wildman–Crippen MR) is 66.2 cm³/mol. The zero-order chi connectivity index (χ0) is 11.1. The maximum absolute atomic E-state index is 5.28. The fourth-order valence-electron chi connectivity index (χ4n) is 2.22. The van der Waals surface area contributed by atoms with Crippen LogP contribution in [0.2, 0.25) is 0 Å². The normalized spacial score (nSPS) is 13.1. The molecule has 1 heterocycles. The molecule has 3 rings (SSSR count). The minimum absolute atomic E-state index is 0.914. The van der Waals surface area contributed by atoms with Gasteiger partial charge in [-0.15, -0.1) is 11.3 Å². The molecule has 0 radical (unpaired) electrons. The van der Waals surface area contributed by atoms with Gasteiger partial charge >= 0.3 is 0 Å². The van der Waals surface area contributed by atoms with Crippen LogP contribution < -0.4 is 4.74 Å². The van der Waals surface area contributed by atoms with Gasteiger partial charge in [0.1, 0.15) is 5.75 Å². The van der Waals surface area contributed by atoms with Crippen LogP contribution in [0.15, 0.2) is 18.2 Å². The van der Waals surface area contributed by atoms with Gasteiger partial charge < -0.3 is 4.74 Å². The Hall–Kier alpha value is -1.35. The van der Waals surface area contributed by atoms with Crippen molar-refractivity contribution >= 4 is 11.3 Å². The summed E-state index contributed by atoms with van der Waals surface area (Å²) >= 11 is 1.82. The molecule has 16 heavy (non-hydrogen) atoms. The van der Waals surface area contributed by atoms with E-state index in [0.717, 1.165) is 23.6 Å². The number of benzene rings is 1. The van der Waals surface area contributed by atoms with Crippen LogP contribution in [-0.2, 0) is 12.8 Å². The minimum Gasteiger partial charge on any atom is -0.497 e. The first-order chi connectivity index (χ1) is 7.78. The summed E-state index contributed by atoms with van der Waals surface area (Å²) in [5, 5.41) is 1.15. The maximum Gasteiger partial charge on any atom is 0.119 e. The summed E-state index contributed by atoms with van der Waals surface area (Å²) in [6.45, 7) is 2.07. The van der Waals surface area contributed by atoms with Crippen LogP contribution in [0.4, 0.5) is 0 Å². The molecule has 0 aliphatic heterocycles. The van der Waals surface area contributed by atoms with E-state index < -0.39 is 0 Å². The molecule has 2 nitrogen and oxygen atoms in total. The molecule has 0 fully saturated rings. The van der Waals surface area contributed by atoms with Crippen molar-refractivity contribution in [2.24, 2.45) is 0 Å². The van der Waals surface area contributed by atoms with E-state index in [9.17, 15) is 0 Å². The SMILES string of the molecule is COc1ccc2c(c1)-c1nc(C)sc1CC2. The molecule has 0 amide bonds. The van der Waals surface area contributed by atoms with Gasteiger partial charge in [0.15, 0.2) is 0 Å². The third-order valence-electron chi connectivity index (χ3n) is 3.00. The number of hydrogen-bond acceptors (Lipinski definition) is 3. The van der Waals surface area contributed by atoms with Crippen molar-refractivity contribution in [3.05, 3.63) is 33.6 Å². The van der Waals surface area contributed by atoms with E-state index in [1.54, 1.807) is 7.11 Å². The Morgan fingerprint density at radius 1 is 1.31 bits per heavy atom. The van der Waals surface area contributed by atoms with Gasteiger partial charge in [-0.3, -0.25) is 0 Å². The molecule has 2 aromatic rings. The van der Waals surface area contributed by atoms with Crippen LogP contribution in [0.5, 0.6) is 5.75 Å². The van der Waals surface area contributed by atoms with Crippen molar-refractivity contribution in [3.63, 3.8) is 0 Å². The van der Waals surface area contributed by atoms with Crippen LogP contribution in [0, 0.1) is 6.92 Å². The number of nitrogens with zero attached hydrogens (tertiary/aromatic N) is 1. The Morgan fingerprint density at radius 2 is 2.19 bits per heavy atom. The third-order valence-corrected chi connectivity index (χ3v) is 4.03. The highest BCUT2D eigenvalue weighted by molar-refractivity contribution is 7.12. The van der Waals surface area contributed by atoms with Crippen molar-refractivity contribution < 1.29 is 4.74 Å². The molecule has 3 heteroatoms. The molecule has 1 aliphatic rings. The molecule has 0 saturated heterocycles. The fourth-order valence-corrected chi connectivity index (χ4v) is 3.17. The summed E-state index contributed by atoms with van der Waals surface area (Å²) in [5.74, 6) is 0.914. The fraction of sp³-hybridized carbons (Fsp3) is 0.308. The number of aromatic nitrogens is 1. The second-order valence-corrected chi connectivity index (χ2v) is 5.32. The van der Waals surface area contributed by atoms with E-state index >= 15 is 0 Å². The molecule has 0 saturated carbocycles. The van der Waals surface area contributed by atoms with E-state index in [0.29, 0.717) is 0 Å². The number of rotatable bonds is 1. The summed E-state index contributed by atoms with van der Waals surface area (Å²) in [6.07, 6.45) is 2.24. The zero-order valence-electron chi connectivity index (χ0n) is 9.41. The second-order valence-electron chi connectivity index (χ2n) is 4.03. The summed E-state index contributed by atoms with van der Waals surface area (Å²) in [6, 6.07) is 6.29. The quantitative estimate of drug-likeness (QED) is 0.751. The molecule has 1 aliphatic carbocycles. The van der Waals surface area contributed by atoms with Crippen molar-refractivity contribution in [2.75, 3.05) is 7.11 Å². The van der Waals surface area contributed by atoms with Crippen LogP contribution >= 0.6 is 11.3 Å². The van der Waals surface area contributed by atoms with Crippen LogP contribution in [0.25, 0.3) is 11.3 Å². The van der Waals surface area contributed by atoms with E-state index in [4.69, 9.17) is 4.74 Å². The van der Waals surface area contributed by atoms with Crippen molar-refractivity contribution in [1.29, 1.82) is 0 Å². The highest BCUT2D eigenvalue weighted by atomic mass is 32.1. The Kier molecular flexibility index (Phi) is 2.21. The smallest absolute Gasteiger partial charge is 0.119 e. The molecular formula is C13H13NOS. The van der Waals surface area contributed by atoms with Gasteiger partial charge in [-0.1, -0.05) is 6.07 Å². The van der Waals surface area contributed by atoms with Gasteiger partial charge in [-0.05, 0) is 37.5 Å². The lowest BCUT2D eigenvalue weighted by atomic mass is 9.93. The predicted octanol–water partition coefficient (Wildman–Crippen LogP) is 3.23. The van der Waals surface area contributed by atoms with E-state index in [1.165, 1.54) is 21.7 Å². The lowest BCUT2D eigenvalue weighted by molar-refractivity contribution is 0.415. The Morgan fingerprint density at radius 3 is 3.00 bits per heavy atom. The van der Waals surface area contributed by atoms with Crippen molar-refractivity contribution in [1.82, 2.24) is 4.98 Å². The van der Waals surface area contributed by atoms with Crippen molar-refractivity contribution in [2.45, 2.75) is 19.8 Å². The van der Waals surface area contributed by atoms with Crippen molar-refractivity contribution in [3.8, 4) is 17.0 Å². The van der Waals surface area contributed by atoms with Gasteiger partial charge in [0.05, 0.1) is 17.8 Å². The van der Waals surface area contributed by atoms with Crippen LogP contribution in [0.3, 0.4) is 0 Å². The molecular weight excluding hydrogens is 218 g/mol. The highest BCUT2D eigenvalue weighted by Crippen LogP contribution is 2.37. The Bertz CT molecular complexity index is 545. The number of ether oxygens (including phenoxy) is 1. The maximum atomic E-state index is 5.28. The van der Waals surface area contributed by atoms with E-state index in [1.807, 2.05) is 17.4 Å². The van der Waals surface area contributed by atoms with Gasteiger partial charge in [0.25, 0.3) is 0 Å². The summed E-state index contributed by atoms with van der Waals surface area (Å²) in [7, 11) is 1.71. The zero-order valence-corrected chi connectivity index (χ0v) is 10.2. The average Bonchev–Trinajstić information content (AvgIpc) is 2.69. The largest absolute Gasteiger partial charge is 0.497 e. The summed E-state index contributed by atoms with van der Waals surface area (Å²) in [5.41, 5.74) is 3.81. The van der Waals surface area contributed by atoms with Gasteiger partial charge in [0.2, 0.25) is 0 Å². The van der Waals surface area contributed by atoms with Gasteiger partial charge in [-0.2, -0.15) is 0 Å². The average molecular weight is 231 g/mol. The Labute approximate surface area is 98.9 Å². The van der Waals surface area contributed by atoms with Gasteiger partial charge in [-0.25, -0.2) is 4.98 Å². The van der Waals surface area contributed by atoms with Crippen LogP contribution in [0.1, 0.15) is 15.4 Å². The lowest BCUT2D eigenvalue weighted by Crippen LogP contribution is -2.02. The first-order valence-corrected chi connectivity index (χ1v) is 6.23. The molecule has 0 bridgehead atoms. The Balaban J connectivity index is 2.21. The second kappa shape index (κ2) is 3.59. The van der Waals surface area contributed by atoms with E-state index in [2.05, 4.69) is 24.0 Å². The monoisotopic (exact) mass is 231 g/mol. The number of hydrogen-bond donors (Lipinski definition) is 0. The minimum atomic E-state index is 0.914. The lowest BCUT2D eigenvalue weighted by Gasteiger charge is -2.15. The van der Waals surface area contributed by atoms with Gasteiger partial charge in [0, 0.05) is 10.4 Å². The molecule has 0 spiro atoms. The standard InChI is InChI=1S/C13H13NOS/c1-8-14-13-11-7-10(15-2)5-3-9(11)4-6-12(13)16-8/h3,5,7H,4,6H2,1-2H3. The van der Waals surface area contributed by atoms with E-state index in [-0.39, 0.29) is 0 Å². The number of thiazole rings is 1. The molecule has 1 aromatic carbocycles. The third kappa shape index (κ3) is 1.43. The summed E-state index contributed by atoms with van der Waals surface area (Å²) < 4.78 is 5.28. The topological polar surface area (TPSA) is 22.1 Å².